The topological polar surface area (TPSA) is 60.4 Å². The Bertz CT molecular complexity index is 828. The maximum Gasteiger partial charge on any atom is 0.190 e. The standard InChI is InChI=1S/C24H29NO5/c1-4-19(25(26)15-17-11-7-5-8-12-17)20-21(27-16-18-13-9-6-10-14-18)22-23(28-20)30-24(2,3)29-22/h4-14,19-23,26H,1,15-16H2,2-3H3/t19-,20-,21-,22+,23+/m0/s1. The molecule has 2 heterocycles. The number of benzene rings is 2. The fraction of sp³-hybridized carbons (Fsp3) is 0.417. The lowest BCUT2D eigenvalue weighted by molar-refractivity contribution is -0.239. The molecule has 2 aromatic rings. The molecule has 0 unspecified atom stereocenters. The Kier molecular flexibility index (Phi) is 6.34. The van der Waals surface area contributed by atoms with Crippen LogP contribution in [0.1, 0.15) is 25.0 Å². The van der Waals surface area contributed by atoms with Crippen molar-refractivity contribution in [3.63, 3.8) is 0 Å². The minimum Gasteiger partial charge on any atom is -0.368 e. The molecule has 5 atom stereocenters. The van der Waals surface area contributed by atoms with Crippen LogP contribution < -0.4 is 0 Å². The van der Waals surface area contributed by atoms with Crippen molar-refractivity contribution in [2.75, 3.05) is 0 Å². The van der Waals surface area contributed by atoms with Gasteiger partial charge in [-0.15, -0.1) is 6.58 Å². The van der Waals surface area contributed by atoms with Crippen LogP contribution >= 0.6 is 0 Å². The summed E-state index contributed by atoms with van der Waals surface area (Å²) in [7, 11) is 0. The number of ether oxygens (including phenoxy) is 4. The smallest absolute Gasteiger partial charge is 0.190 e. The predicted molar refractivity (Wildman–Crippen MR) is 111 cm³/mol. The molecule has 0 aliphatic carbocycles. The van der Waals surface area contributed by atoms with E-state index in [1.165, 1.54) is 5.06 Å². The van der Waals surface area contributed by atoms with E-state index in [1.807, 2.05) is 74.5 Å². The number of nitrogens with zero attached hydrogens (tertiary/aromatic N) is 1. The third kappa shape index (κ3) is 4.64. The zero-order chi connectivity index (χ0) is 21.1. The maximum atomic E-state index is 10.8. The molecule has 2 aliphatic rings. The molecule has 2 fully saturated rings. The molecule has 2 aromatic carbocycles. The van der Waals surface area contributed by atoms with Gasteiger partial charge >= 0.3 is 0 Å². The fourth-order valence-corrected chi connectivity index (χ4v) is 4.04. The van der Waals surface area contributed by atoms with Gasteiger partial charge in [-0.25, -0.2) is 0 Å². The lowest BCUT2D eigenvalue weighted by Crippen LogP contribution is -2.48. The fourth-order valence-electron chi connectivity index (χ4n) is 4.04. The summed E-state index contributed by atoms with van der Waals surface area (Å²) >= 11 is 0. The van der Waals surface area contributed by atoms with E-state index in [0.717, 1.165) is 11.1 Å². The van der Waals surface area contributed by atoms with Crippen molar-refractivity contribution in [1.29, 1.82) is 0 Å². The van der Waals surface area contributed by atoms with E-state index >= 15 is 0 Å². The molecular weight excluding hydrogens is 382 g/mol. The quantitative estimate of drug-likeness (QED) is 0.525. The van der Waals surface area contributed by atoms with Crippen molar-refractivity contribution in [3.05, 3.63) is 84.4 Å². The highest BCUT2D eigenvalue weighted by Crippen LogP contribution is 2.40. The van der Waals surface area contributed by atoms with E-state index in [1.54, 1.807) is 6.08 Å². The van der Waals surface area contributed by atoms with Gasteiger partial charge in [0.05, 0.1) is 12.6 Å². The van der Waals surface area contributed by atoms with Crippen LogP contribution in [0.25, 0.3) is 0 Å². The SMILES string of the molecule is C=C[C@@H]([C@@H]1O[C@@H]2OC(C)(C)O[C@@H]2[C@H]1OCc1ccccc1)N(O)Cc1ccccc1. The summed E-state index contributed by atoms with van der Waals surface area (Å²) in [5, 5.41) is 12.1. The summed E-state index contributed by atoms with van der Waals surface area (Å²) in [5.41, 5.74) is 2.04. The molecule has 160 valence electrons. The first-order valence-corrected chi connectivity index (χ1v) is 10.3. The van der Waals surface area contributed by atoms with Gasteiger partial charge in [-0.3, -0.25) is 0 Å². The van der Waals surface area contributed by atoms with Crippen molar-refractivity contribution in [3.8, 4) is 0 Å². The molecule has 30 heavy (non-hydrogen) atoms. The van der Waals surface area contributed by atoms with E-state index in [4.69, 9.17) is 18.9 Å². The van der Waals surface area contributed by atoms with Crippen LogP contribution in [0, 0.1) is 0 Å². The molecule has 2 aliphatic heterocycles. The Morgan fingerprint density at radius 2 is 1.70 bits per heavy atom. The number of rotatable bonds is 8. The first kappa shape index (κ1) is 21.2. The summed E-state index contributed by atoms with van der Waals surface area (Å²) in [6.07, 6.45) is -0.186. The third-order valence-electron chi connectivity index (χ3n) is 5.42. The van der Waals surface area contributed by atoms with Crippen molar-refractivity contribution < 1.29 is 24.2 Å². The van der Waals surface area contributed by atoms with Crippen molar-refractivity contribution in [2.24, 2.45) is 0 Å². The molecule has 0 saturated carbocycles. The van der Waals surface area contributed by atoms with Crippen LogP contribution in [0.4, 0.5) is 0 Å². The van der Waals surface area contributed by atoms with E-state index in [-0.39, 0.29) is 6.10 Å². The average Bonchev–Trinajstić information content (AvgIpc) is 3.20. The van der Waals surface area contributed by atoms with Gasteiger partial charge in [-0.05, 0) is 25.0 Å². The van der Waals surface area contributed by atoms with Gasteiger partial charge < -0.3 is 24.2 Å². The van der Waals surface area contributed by atoms with Gasteiger partial charge in [0, 0.05) is 6.54 Å². The van der Waals surface area contributed by atoms with Gasteiger partial charge in [0.2, 0.25) is 0 Å². The summed E-state index contributed by atoms with van der Waals surface area (Å²) in [4.78, 5) is 0. The molecule has 0 spiro atoms. The van der Waals surface area contributed by atoms with Gasteiger partial charge in [-0.1, -0.05) is 66.7 Å². The van der Waals surface area contributed by atoms with Crippen LogP contribution in [0.2, 0.25) is 0 Å². The molecule has 1 N–H and O–H groups in total. The first-order chi connectivity index (χ1) is 14.5. The highest BCUT2D eigenvalue weighted by molar-refractivity contribution is 5.16. The lowest BCUT2D eigenvalue weighted by atomic mass is 10.0. The highest BCUT2D eigenvalue weighted by Gasteiger charge is 2.57. The Morgan fingerprint density at radius 3 is 2.33 bits per heavy atom. The average molecular weight is 411 g/mol. The summed E-state index contributed by atoms with van der Waals surface area (Å²) in [6, 6.07) is 19.2. The third-order valence-corrected chi connectivity index (χ3v) is 5.42. The molecular formula is C24H29NO5. The van der Waals surface area contributed by atoms with E-state index in [9.17, 15) is 5.21 Å². The van der Waals surface area contributed by atoms with Crippen LogP contribution in [-0.2, 0) is 32.1 Å². The molecule has 6 nitrogen and oxygen atoms in total. The number of hydrogen-bond acceptors (Lipinski definition) is 6. The molecule has 0 radical (unpaired) electrons. The lowest BCUT2D eigenvalue weighted by Gasteiger charge is -2.33. The number of hydrogen-bond donors (Lipinski definition) is 1. The largest absolute Gasteiger partial charge is 0.368 e. The van der Waals surface area contributed by atoms with Gasteiger partial charge in [0.25, 0.3) is 0 Å². The molecule has 0 amide bonds. The van der Waals surface area contributed by atoms with E-state index in [0.29, 0.717) is 13.2 Å². The van der Waals surface area contributed by atoms with Crippen molar-refractivity contribution in [2.45, 2.75) is 63.4 Å². The summed E-state index contributed by atoms with van der Waals surface area (Å²) in [5.74, 6) is -0.749. The van der Waals surface area contributed by atoms with Crippen molar-refractivity contribution >= 4 is 0 Å². The Morgan fingerprint density at radius 1 is 1.07 bits per heavy atom. The monoisotopic (exact) mass is 411 g/mol. The van der Waals surface area contributed by atoms with Gasteiger partial charge in [-0.2, -0.15) is 5.06 Å². The van der Waals surface area contributed by atoms with E-state index < -0.39 is 30.3 Å². The highest BCUT2D eigenvalue weighted by atomic mass is 16.8. The second-order valence-corrected chi connectivity index (χ2v) is 8.14. The van der Waals surface area contributed by atoms with Gasteiger partial charge in [0.1, 0.15) is 18.3 Å². The number of fused-ring (bicyclic) bond motifs is 1. The Hall–Kier alpha value is -2.06. The maximum absolute atomic E-state index is 10.8. The normalized spacial score (nSPS) is 28.4. The van der Waals surface area contributed by atoms with Gasteiger partial charge in [0.15, 0.2) is 12.1 Å². The van der Waals surface area contributed by atoms with E-state index in [2.05, 4.69) is 6.58 Å². The number of hydroxylamine groups is 2. The molecule has 2 saturated heterocycles. The Labute approximate surface area is 177 Å². The molecule has 6 heteroatoms. The zero-order valence-corrected chi connectivity index (χ0v) is 17.4. The molecule has 0 bridgehead atoms. The first-order valence-electron chi connectivity index (χ1n) is 10.3. The molecule has 4 rings (SSSR count). The van der Waals surface area contributed by atoms with Crippen LogP contribution in [-0.4, -0.2) is 46.7 Å². The van der Waals surface area contributed by atoms with Crippen LogP contribution in [0.5, 0.6) is 0 Å². The second kappa shape index (κ2) is 8.98. The Balaban J connectivity index is 1.52. The van der Waals surface area contributed by atoms with Crippen LogP contribution in [0.15, 0.2) is 73.3 Å². The minimum absolute atomic E-state index is 0.339. The predicted octanol–water partition coefficient (Wildman–Crippen LogP) is 3.89. The summed E-state index contributed by atoms with van der Waals surface area (Å²) in [6.45, 7) is 8.39. The van der Waals surface area contributed by atoms with Crippen molar-refractivity contribution in [1.82, 2.24) is 5.06 Å². The van der Waals surface area contributed by atoms with Crippen LogP contribution in [0.3, 0.4) is 0 Å². The summed E-state index contributed by atoms with van der Waals surface area (Å²) < 4.78 is 24.5. The molecule has 0 aromatic heterocycles. The second-order valence-electron chi connectivity index (χ2n) is 8.14. The minimum atomic E-state index is -0.749. The zero-order valence-electron chi connectivity index (χ0n) is 17.4.